The van der Waals surface area contributed by atoms with E-state index in [0.717, 1.165) is 34.0 Å². The van der Waals surface area contributed by atoms with E-state index in [1.54, 1.807) is 35.2 Å². The van der Waals surface area contributed by atoms with Crippen molar-refractivity contribution in [3.63, 3.8) is 0 Å². The number of fused-ring (bicyclic) bond motifs is 4. The summed E-state index contributed by atoms with van der Waals surface area (Å²) in [4.78, 5) is 15.9. The molecule has 4 heterocycles. The number of rotatable bonds is 3. The molecule has 0 spiro atoms. The zero-order valence-corrected chi connectivity index (χ0v) is 21.8. The highest BCUT2D eigenvalue weighted by atomic mass is 19.1. The minimum Gasteiger partial charge on any atom is -0.486 e. The number of urea groups is 1. The minimum absolute atomic E-state index is 0.286. The van der Waals surface area contributed by atoms with E-state index in [0.29, 0.717) is 30.4 Å². The molecule has 3 aromatic carbocycles. The number of carbonyl (C=O) groups excluding carboxylic acids is 1. The van der Waals surface area contributed by atoms with Crippen LogP contribution in [0.3, 0.4) is 0 Å². The second kappa shape index (κ2) is 9.60. The normalized spacial score (nSPS) is 15.7. The molecule has 0 aliphatic carbocycles. The van der Waals surface area contributed by atoms with Crippen LogP contribution >= 0.6 is 0 Å². The Kier molecular flexibility index (Phi) is 5.77. The zero-order chi connectivity index (χ0) is 27.2. The van der Waals surface area contributed by atoms with E-state index in [4.69, 9.17) is 14.6 Å². The number of aromatic nitrogens is 3. The van der Waals surface area contributed by atoms with Crippen LogP contribution in [0.2, 0.25) is 0 Å². The molecular formula is C31H26FN5O3. The first kappa shape index (κ1) is 24.0. The third-order valence-corrected chi connectivity index (χ3v) is 7.33. The third kappa shape index (κ3) is 4.07. The van der Waals surface area contributed by atoms with Crippen LogP contribution in [-0.2, 0) is 6.54 Å². The SMILES string of the molecule is Cc1nn(-c2ccccc2)c2c1CN(C(=O)Nc1ccc3c(c1)OCCO3)[C@@H](c1ccc(F)cc1)c1cccn1-2. The lowest BCUT2D eigenvalue weighted by atomic mass is 10.0. The van der Waals surface area contributed by atoms with Crippen molar-refractivity contribution in [2.45, 2.75) is 19.5 Å². The highest BCUT2D eigenvalue weighted by Gasteiger charge is 2.36. The maximum Gasteiger partial charge on any atom is 0.322 e. The number of anilines is 1. The molecule has 0 saturated carbocycles. The summed E-state index contributed by atoms with van der Waals surface area (Å²) in [5, 5.41) is 7.93. The van der Waals surface area contributed by atoms with Crippen LogP contribution in [0, 0.1) is 12.7 Å². The molecule has 2 aliphatic heterocycles. The van der Waals surface area contributed by atoms with Crippen LogP contribution in [0.1, 0.15) is 28.6 Å². The molecule has 1 atom stereocenters. The summed E-state index contributed by atoms with van der Waals surface area (Å²) in [5.74, 6) is 1.77. The van der Waals surface area contributed by atoms with Gasteiger partial charge in [0.05, 0.1) is 29.7 Å². The van der Waals surface area contributed by atoms with Crippen molar-refractivity contribution in [3.05, 3.63) is 119 Å². The predicted molar refractivity (Wildman–Crippen MR) is 148 cm³/mol. The van der Waals surface area contributed by atoms with Gasteiger partial charge in [-0.1, -0.05) is 30.3 Å². The van der Waals surface area contributed by atoms with Gasteiger partial charge in [0.15, 0.2) is 11.5 Å². The second-order valence-corrected chi connectivity index (χ2v) is 9.81. The Morgan fingerprint density at radius 3 is 2.52 bits per heavy atom. The van der Waals surface area contributed by atoms with Crippen molar-refractivity contribution in [2.24, 2.45) is 0 Å². The van der Waals surface area contributed by atoms with E-state index in [2.05, 4.69) is 9.88 Å². The standard InChI is InChI=1S/C31H26FN5O3/c1-20-25-19-36(31(38)33-23-13-14-27-28(18-23)40-17-16-39-27)29(21-9-11-22(32)12-10-21)26-8-5-15-35(26)30(25)37(34-20)24-6-3-2-4-7-24/h2-15,18,29H,16-17,19H2,1H3,(H,33,38)/t29-/m0/s1. The summed E-state index contributed by atoms with van der Waals surface area (Å²) >= 11 is 0. The Balaban J connectivity index is 1.36. The number of para-hydroxylation sites is 1. The molecule has 0 unspecified atom stereocenters. The molecule has 200 valence electrons. The number of nitrogens with one attached hydrogen (secondary N) is 1. The minimum atomic E-state index is -0.496. The van der Waals surface area contributed by atoms with Crippen molar-refractivity contribution >= 4 is 11.7 Å². The number of nitrogens with zero attached hydrogens (tertiary/aromatic N) is 4. The summed E-state index contributed by atoms with van der Waals surface area (Å²) in [6, 6.07) is 24.7. The number of benzene rings is 3. The quantitative estimate of drug-likeness (QED) is 0.307. The van der Waals surface area contributed by atoms with Gasteiger partial charge in [-0.05, 0) is 61.0 Å². The van der Waals surface area contributed by atoms with E-state index < -0.39 is 6.04 Å². The van der Waals surface area contributed by atoms with Gasteiger partial charge in [-0.2, -0.15) is 5.10 Å². The Morgan fingerprint density at radius 1 is 0.950 bits per heavy atom. The summed E-state index contributed by atoms with van der Waals surface area (Å²) in [5.41, 5.74) is 4.89. The highest BCUT2D eigenvalue weighted by molar-refractivity contribution is 5.90. The largest absolute Gasteiger partial charge is 0.486 e. The average Bonchev–Trinajstić information content (AvgIpc) is 3.54. The molecule has 0 fully saturated rings. The number of hydrogen-bond acceptors (Lipinski definition) is 4. The van der Waals surface area contributed by atoms with Crippen molar-refractivity contribution in [3.8, 4) is 23.0 Å². The lowest BCUT2D eigenvalue weighted by Crippen LogP contribution is -2.38. The van der Waals surface area contributed by atoms with Crippen LogP contribution in [0.25, 0.3) is 11.5 Å². The fourth-order valence-electron chi connectivity index (χ4n) is 5.46. The fourth-order valence-corrected chi connectivity index (χ4v) is 5.46. The number of ether oxygens (including phenoxy) is 2. The molecule has 8 nitrogen and oxygen atoms in total. The topological polar surface area (TPSA) is 73.6 Å². The lowest BCUT2D eigenvalue weighted by molar-refractivity contribution is 0.171. The van der Waals surface area contributed by atoms with Gasteiger partial charge in [-0.25, -0.2) is 13.9 Å². The Morgan fingerprint density at radius 2 is 1.73 bits per heavy atom. The maximum atomic E-state index is 14.1. The first-order valence-corrected chi connectivity index (χ1v) is 13.1. The van der Waals surface area contributed by atoms with E-state index >= 15 is 0 Å². The summed E-state index contributed by atoms with van der Waals surface area (Å²) < 4.78 is 29.3. The monoisotopic (exact) mass is 535 g/mol. The van der Waals surface area contributed by atoms with E-state index in [9.17, 15) is 9.18 Å². The van der Waals surface area contributed by atoms with Crippen LogP contribution in [0.15, 0.2) is 91.1 Å². The van der Waals surface area contributed by atoms with Gasteiger partial charge >= 0.3 is 6.03 Å². The predicted octanol–water partition coefficient (Wildman–Crippen LogP) is 6.02. The molecule has 7 rings (SSSR count). The molecule has 9 heteroatoms. The molecule has 2 aromatic heterocycles. The van der Waals surface area contributed by atoms with E-state index in [1.807, 2.05) is 60.3 Å². The maximum absolute atomic E-state index is 14.1. The fraction of sp³-hybridized carbons (Fsp3) is 0.161. The smallest absolute Gasteiger partial charge is 0.322 e. The first-order valence-electron chi connectivity index (χ1n) is 13.1. The molecule has 5 aromatic rings. The lowest BCUT2D eigenvalue weighted by Gasteiger charge is -2.31. The second-order valence-electron chi connectivity index (χ2n) is 9.81. The molecule has 0 bridgehead atoms. The van der Waals surface area contributed by atoms with Gasteiger partial charge in [0.25, 0.3) is 0 Å². The Labute approximate surface area is 230 Å². The Bertz CT molecular complexity index is 1710. The van der Waals surface area contributed by atoms with Crippen molar-refractivity contribution in [2.75, 3.05) is 18.5 Å². The molecule has 2 amide bonds. The van der Waals surface area contributed by atoms with Crippen LogP contribution in [0.4, 0.5) is 14.9 Å². The van der Waals surface area contributed by atoms with Gasteiger partial charge in [-0.15, -0.1) is 0 Å². The van der Waals surface area contributed by atoms with E-state index in [-0.39, 0.29) is 18.4 Å². The highest BCUT2D eigenvalue weighted by Crippen LogP contribution is 2.39. The number of hydrogen-bond donors (Lipinski definition) is 1. The van der Waals surface area contributed by atoms with E-state index in [1.165, 1.54) is 12.1 Å². The number of halogens is 1. The van der Waals surface area contributed by atoms with Crippen molar-refractivity contribution in [1.29, 1.82) is 0 Å². The molecule has 1 N–H and O–H groups in total. The molecule has 0 saturated heterocycles. The first-order chi connectivity index (χ1) is 19.6. The zero-order valence-electron chi connectivity index (χ0n) is 21.8. The van der Waals surface area contributed by atoms with Crippen LogP contribution in [-0.4, -0.2) is 38.5 Å². The molecular weight excluding hydrogens is 509 g/mol. The van der Waals surface area contributed by atoms with Gasteiger partial charge in [0.1, 0.15) is 24.8 Å². The molecule has 40 heavy (non-hydrogen) atoms. The van der Waals surface area contributed by atoms with Crippen LogP contribution < -0.4 is 14.8 Å². The molecule has 0 radical (unpaired) electrons. The Hall–Kier alpha value is -5.05. The summed E-state index contributed by atoms with van der Waals surface area (Å²) in [6.07, 6.45) is 1.98. The number of aryl methyl sites for hydroxylation is 1. The average molecular weight is 536 g/mol. The summed E-state index contributed by atoms with van der Waals surface area (Å²) in [6.45, 7) is 3.18. The van der Waals surface area contributed by atoms with Crippen molar-refractivity contribution < 1.29 is 18.7 Å². The number of carbonyl (C=O) groups is 1. The number of amides is 2. The van der Waals surface area contributed by atoms with Gasteiger partial charge in [-0.3, -0.25) is 0 Å². The van der Waals surface area contributed by atoms with Gasteiger partial charge in [0.2, 0.25) is 0 Å². The van der Waals surface area contributed by atoms with Gasteiger partial charge < -0.3 is 24.3 Å². The van der Waals surface area contributed by atoms with Gasteiger partial charge in [0, 0.05) is 23.5 Å². The van der Waals surface area contributed by atoms with Crippen LogP contribution in [0.5, 0.6) is 11.5 Å². The van der Waals surface area contributed by atoms with Crippen molar-refractivity contribution in [1.82, 2.24) is 19.2 Å². The third-order valence-electron chi connectivity index (χ3n) is 7.33. The summed E-state index contributed by atoms with van der Waals surface area (Å²) in [7, 11) is 0. The molecule has 2 aliphatic rings.